The van der Waals surface area contributed by atoms with Gasteiger partial charge in [0.1, 0.15) is 0 Å². The third kappa shape index (κ3) is 3.93. The van der Waals surface area contributed by atoms with Crippen LogP contribution in [0.1, 0.15) is 38.8 Å². The molecule has 1 aromatic carbocycles. The number of nitrogens with two attached hydrogens (primary N) is 1. The summed E-state index contributed by atoms with van der Waals surface area (Å²) >= 11 is 0. The molecule has 3 nitrogen and oxygen atoms in total. The molecule has 0 aliphatic heterocycles. The first-order valence-corrected chi connectivity index (χ1v) is 6.14. The maximum absolute atomic E-state index is 6.16. The van der Waals surface area contributed by atoms with Gasteiger partial charge in [0.15, 0.2) is 11.5 Å². The average Bonchev–Trinajstić information content (AvgIpc) is 2.28. The number of hydrogen-bond donors (Lipinski definition) is 1. The highest BCUT2D eigenvalue weighted by Gasteiger charge is 2.12. The highest BCUT2D eigenvalue weighted by molar-refractivity contribution is 5.43. The lowest BCUT2D eigenvalue weighted by molar-refractivity contribution is 0.310. The van der Waals surface area contributed by atoms with Crippen molar-refractivity contribution >= 4 is 0 Å². The van der Waals surface area contributed by atoms with E-state index in [0.29, 0.717) is 12.5 Å². The monoisotopic (exact) mass is 237 g/mol. The average molecular weight is 237 g/mol. The Bertz CT molecular complexity index is 350. The molecule has 0 amide bonds. The van der Waals surface area contributed by atoms with E-state index < -0.39 is 0 Å². The largest absolute Gasteiger partial charge is 0.493 e. The summed E-state index contributed by atoms with van der Waals surface area (Å²) in [7, 11) is 1.64. The van der Waals surface area contributed by atoms with Crippen molar-refractivity contribution in [3.05, 3.63) is 23.8 Å². The number of hydrogen-bond acceptors (Lipinski definition) is 3. The topological polar surface area (TPSA) is 44.5 Å². The zero-order chi connectivity index (χ0) is 12.8. The molecule has 0 bridgehead atoms. The summed E-state index contributed by atoms with van der Waals surface area (Å²) in [5.74, 6) is 2.11. The molecule has 0 radical (unpaired) electrons. The molecule has 0 saturated carbocycles. The molecule has 0 aliphatic rings. The second-order valence-corrected chi connectivity index (χ2v) is 4.58. The minimum absolute atomic E-state index is 0.0557. The Hall–Kier alpha value is -1.22. The van der Waals surface area contributed by atoms with Gasteiger partial charge in [-0.2, -0.15) is 0 Å². The highest BCUT2D eigenvalue weighted by Crippen LogP contribution is 2.31. The van der Waals surface area contributed by atoms with Crippen molar-refractivity contribution in [1.29, 1.82) is 0 Å². The van der Waals surface area contributed by atoms with Gasteiger partial charge < -0.3 is 15.2 Å². The van der Waals surface area contributed by atoms with Crippen LogP contribution in [0.15, 0.2) is 18.2 Å². The molecule has 1 aromatic rings. The fraction of sp³-hybridized carbons (Fsp3) is 0.571. The van der Waals surface area contributed by atoms with Gasteiger partial charge in [-0.15, -0.1) is 0 Å². The van der Waals surface area contributed by atoms with Crippen LogP contribution in [0.5, 0.6) is 11.5 Å². The Balaban J connectivity index is 2.90. The van der Waals surface area contributed by atoms with Gasteiger partial charge >= 0.3 is 0 Å². The lowest BCUT2D eigenvalue weighted by atomic mass is 9.97. The Morgan fingerprint density at radius 2 is 1.94 bits per heavy atom. The molecule has 0 heterocycles. The molecule has 1 rings (SSSR count). The van der Waals surface area contributed by atoms with Gasteiger partial charge in [0.2, 0.25) is 0 Å². The number of benzene rings is 1. The van der Waals surface area contributed by atoms with Crippen molar-refractivity contribution in [1.82, 2.24) is 0 Å². The third-order valence-corrected chi connectivity index (χ3v) is 2.64. The van der Waals surface area contributed by atoms with Crippen LogP contribution in [0.4, 0.5) is 0 Å². The number of methoxy groups -OCH3 is 1. The van der Waals surface area contributed by atoms with Crippen molar-refractivity contribution in [3.63, 3.8) is 0 Å². The predicted molar refractivity (Wildman–Crippen MR) is 70.5 cm³/mol. The molecular weight excluding hydrogens is 214 g/mol. The summed E-state index contributed by atoms with van der Waals surface area (Å²) in [5, 5.41) is 0. The van der Waals surface area contributed by atoms with Gasteiger partial charge in [0.05, 0.1) is 13.7 Å². The van der Waals surface area contributed by atoms with Gasteiger partial charge in [-0.3, -0.25) is 0 Å². The molecule has 0 unspecified atom stereocenters. The lowest BCUT2D eigenvalue weighted by Gasteiger charge is -2.17. The summed E-state index contributed by atoms with van der Waals surface area (Å²) in [5.41, 5.74) is 7.26. The highest BCUT2D eigenvalue weighted by atomic mass is 16.5. The first kappa shape index (κ1) is 13.8. The van der Waals surface area contributed by atoms with E-state index in [4.69, 9.17) is 15.2 Å². The standard InChI is InChI=1S/C14H23NO2/c1-5-17-14-9-11(6-7-13(14)16-4)12(15)8-10(2)3/h6-7,9-10,12H,5,8,15H2,1-4H3/t12-/m0/s1. The van der Waals surface area contributed by atoms with E-state index in [1.807, 2.05) is 25.1 Å². The normalized spacial score (nSPS) is 12.6. The number of ether oxygens (including phenoxy) is 2. The van der Waals surface area contributed by atoms with Crippen LogP contribution in [0, 0.1) is 5.92 Å². The van der Waals surface area contributed by atoms with Crippen LogP contribution in [0.3, 0.4) is 0 Å². The van der Waals surface area contributed by atoms with Crippen LogP contribution in [0.2, 0.25) is 0 Å². The Morgan fingerprint density at radius 1 is 1.24 bits per heavy atom. The molecule has 0 fully saturated rings. The summed E-state index contributed by atoms with van der Waals surface area (Å²) in [6.45, 7) is 6.93. The fourth-order valence-corrected chi connectivity index (χ4v) is 1.84. The van der Waals surface area contributed by atoms with E-state index in [1.54, 1.807) is 7.11 Å². The molecule has 17 heavy (non-hydrogen) atoms. The van der Waals surface area contributed by atoms with Crippen LogP contribution < -0.4 is 15.2 Å². The van der Waals surface area contributed by atoms with Crippen molar-refractivity contribution in [2.24, 2.45) is 11.7 Å². The maximum Gasteiger partial charge on any atom is 0.161 e. The SMILES string of the molecule is CCOc1cc([C@@H](N)CC(C)C)ccc1OC. The second kappa shape index (κ2) is 6.50. The zero-order valence-corrected chi connectivity index (χ0v) is 11.2. The van der Waals surface area contributed by atoms with Crippen LogP contribution in [0.25, 0.3) is 0 Å². The van der Waals surface area contributed by atoms with Crippen molar-refractivity contribution in [2.75, 3.05) is 13.7 Å². The lowest BCUT2D eigenvalue weighted by Crippen LogP contribution is -2.13. The van der Waals surface area contributed by atoms with E-state index in [9.17, 15) is 0 Å². The third-order valence-electron chi connectivity index (χ3n) is 2.64. The van der Waals surface area contributed by atoms with Gasteiger partial charge in [0.25, 0.3) is 0 Å². The summed E-state index contributed by atoms with van der Waals surface area (Å²) in [6.07, 6.45) is 0.970. The molecule has 1 atom stereocenters. The summed E-state index contributed by atoms with van der Waals surface area (Å²) < 4.78 is 10.8. The van der Waals surface area contributed by atoms with Gasteiger partial charge in [0, 0.05) is 6.04 Å². The quantitative estimate of drug-likeness (QED) is 0.826. The number of rotatable bonds is 6. The smallest absolute Gasteiger partial charge is 0.161 e. The van der Waals surface area contributed by atoms with Gasteiger partial charge in [-0.25, -0.2) is 0 Å². The molecule has 0 aliphatic carbocycles. The summed E-state index contributed by atoms with van der Waals surface area (Å²) in [4.78, 5) is 0. The van der Waals surface area contributed by atoms with Crippen molar-refractivity contribution in [2.45, 2.75) is 33.2 Å². The molecule has 2 N–H and O–H groups in total. The molecule has 3 heteroatoms. The first-order valence-electron chi connectivity index (χ1n) is 6.14. The molecule has 96 valence electrons. The second-order valence-electron chi connectivity index (χ2n) is 4.58. The van der Waals surface area contributed by atoms with Crippen molar-refractivity contribution in [3.8, 4) is 11.5 Å². The van der Waals surface area contributed by atoms with E-state index in [1.165, 1.54) is 0 Å². The molecule has 0 aromatic heterocycles. The van der Waals surface area contributed by atoms with Crippen LogP contribution >= 0.6 is 0 Å². The van der Waals surface area contributed by atoms with Crippen molar-refractivity contribution < 1.29 is 9.47 Å². The van der Waals surface area contributed by atoms with E-state index >= 15 is 0 Å². The van der Waals surface area contributed by atoms with Crippen LogP contribution in [-0.4, -0.2) is 13.7 Å². The van der Waals surface area contributed by atoms with E-state index in [2.05, 4.69) is 13.8 Å². The molecular formula is C14H23NO2. The minimum atomic E-state index is 0.0557. The van der Waals surface area contributed by atoms with Crippen LogP contribution in [-0.2, 0) is 0 Å². The fourth-order valence-electron chi connectivity index (χ4n) is 1.84. The first-order chi connectivity index (χ1) is 8.08. The molecule has 0 saturated heterocycles. The Morgan fingerprint density at radius 3 is 2.47 bits per heavy atom. The summed E-state index contributed by atoms with van der Waals surface area (Å²) in [6, 6.07) is 5.96. The Kier molecular flexibility index (Phi) is 5.29. The van der Waals surface area contributed by atoms with Gasteiger partial charge in [-0.05, 0) is 37.0 Å². The maximum atomic E-state index is 6.16. The Labute approximate surface area is 104 Å². The molecule has 0 spiro atoms. The zero-order valence-electron chi connectivity index (χ0n) is 11.2. The van der Waals surface area contributed by atoms with Gasteiger partial charge in [-0.1, -0.05) is 19.9 Å². The predicted octanol–water partition coefficient (Wildman–Crippen LogP) is 3.14. The van der Waals surface area contributed by atoms with E-state index in [0.717, 1.165) is 23.5 Å². The van der Waals surface area contributed by atoms with E-state index in [-0.39, 0.29) is 6.04 Å². The minimum Gasteiger partial charge on any atom is -0.493 e.